The minimum Gasteiger partial charge on any atom is -0.462 e. The Kier molecular flexibility index (Phi) is 5.65. The van der Waals surface area contributed by atoms with Crippen LogP contribution in [0.15, 0.2) is 6.07 Å². The van der Waals surface area contributed by atoms with Crippen LogP contribution in [0.25, 0.3) is 0 Å². The van der Waals surface area contributed by atoms with Crippen molar-refractivity contribution in [1.82, 2.24) is 4.98 Å². The normalized spacial score (nSPS) is 12.2. The predicted molar refractivity (Wildman–Crippen MR) is 64.5 cm³/mol. The zero-order valence-electron chi connectivity index (χ0n) is 10.8. The molecule has 0 saturated heterocycles. The van der Waals surface area contributed by atoms with E-state index >= 15 is 0 Å². The van der Waals surface area contributed by atoms with Crippen LogP contribution < -0.4 is 4.74 Å². The molecule has 0 saturated carbocycles. The van der Waals surface area contributed by atoms with E-state index in [-0.39, 0.29) is 12.7 Å². The van der Waals surface area contributed by atoms with Gasteiger partial charge in [0.05, 0.1) is 12.3 Å². The monoisotopic (exact) mass is 395 g/mol. The first-order chi connectivity index (χ1) is 9.99. The molecule has 0 fully saturated rings. The number of carbonyl (C=O) groups is 1. The summed E-state index contributed by atoms with van der Waals surface area (Å²) in [5.74, 6) is -2.51. The van der Waals surface area contributed by atoms with Crippen LogP contribution in [-0.2, 0) is 16.2 Å². The summed E-state index contributed by atoms with van der Waals surface area (Å²) in [4.78, 5) is 14.7. The average molecular weight is 396 g/mol. The van der Waals surface area contributed by atoms with Crippen LogP contribution in [0.2, 0.25) is 0 Å². The molecule has 11 heteroatoms. The van der Waals surface area contributed by atoms with E-state index in [0.717, 1.165) is 0 Å². The van der Waals surface area contributed by atoms with Gasteiger partial charge in [-0.2, -0.15) is 13.2 Å². The van der Waals surface area contributed by atoms with Gasteiger partial charge >= 0.3 is 18.5 Å². The largest absolute Gasteiger partial charge is 0.573 e. The molecule has 1 aromatic heterocycles. The van der Waals surface area contributed by atoms with Gasteiger partial charge in [-0.05, 0) is 13.0 Å². The van der Waals surface area contributed by atoms with E-state index in [1.807, 2.05) is 0 Å². The lowest BCUT2D eigenvalue weighted by atomic mass is 10.1. The first kappa shape index (κ1) is 18.5. The molecule has 0 aliphatic carbocycles. The summed E-state index contributed by atoms with van der Waals surface area (Å²) in [5.41, 5.74) is -3.26. The van der Waals surface area contributed by atoms with Crippen molar-refractivity contribution >= 4 is 21.9 Å². The van der Waals surface area contributed by atoms with E-state index in [2.05, 4.69) is 30.4 Å². The molecule has 1 heterocycles. The van der Waals surface area contributed by atoms with Gasteiger partial charge in [-0.25, -0.2) is 9.78 Å². The predicted octanol–water partition coefficient (Wildman–Crippen LogP) is 4.07. The van der Waals surface area contributed by atoms with Crippen molar-refractivity contribution in [2.75, 3.05) is 6.61 Å². The van der Waals surface area contributed by atoms with Gasteiger partial charge in [-0.15, -0.1) is 13.2 Å². The molecular weight excluding hydrogens is 388 g/mol. The third kappa shape index (κ3) is 4.75. The first-order valence-corrected chi connectivity index (χ1v) is 6.71. The number of carbonyl (C=O) groups excluding carboxylic acids is 1. The second-order valence-corrected chi connectivity index (χ2v) is 4.29. The van der Waals surface area contributed by atoms with Crippen LogP contribution in [-0.4, -0.2) is 23.9 Å². The number of hydrogen-bond donors (Lipinski definition) is 0. The lowest BCUT2D eigenvalue weighted by Crippen LogP contribution is -2.22. The van der Waals surface area contributed by atoms with Gasteiger partial charge in [0.1, 0.15) is 11.3 Å². The minimum atomic E-state index is -5.21. The number of ether oxygens (including phenoxy) is 2. The molecule has 0 aromatic carbocycles. The number of aromatic nitrogens is 1. The molecule has 1 rings (SSSR count). The molecule has 0 N–H and O–H groups in total. The van der Waals surface area contributed by atoms with Crippen molar-refractivity contribution in [3.63, 3.8) is 0 Å². The highest BCUT2D eigenvalue weighted by Gasteiger charge is 2.39. The summed E-state index contributed by atoms with van der Waals surface area (Å²) in [6.07, 6.45) is -10.2. The quantitative estimate of drug-likeness (QED) is 0.438. The van der Waals surface area contributed by atoms with Crippen LogP contribution in [0.1, 0.15) is 28.7 Å². The van der Waals surface area contributed by atoms with Gasteiger partial charge in [-0.3, -0.25) is 0 Å². The molecule has 0 atom stereocenters. The molecule has 0 radical (unpaired) electrons. The molecular formula is C11H8BrF6NO3. The van der Waals surface area contributed by atoms with E-state index in [0.29, 0.717) is 0 Å². The van der Waals surface area contributed by atoms with E-state index in [4.69, 9.17) is 0 Å². The maximum absolute atomic E-state index is 12.7. The van der Waals surface area contributed by atoms with Gasteiger partial charge in [0.25, 0.3) is 0 Å². The molecule has 0 aliphatic heterocycles. The number of rotatable bonds is 4. The zero-order chi connectivity index (χ0) is 17.1. The highest BCUT2D eigenvalue weighted by Crippen LogP contribution is 2.36. The molecule has 1 aromatic rings. The summed E-state index contributed by atoms with van der Waals surface area (Å²) in [5, 5.41) is -0.491. The molecule has 0 spiro atoms. The second-order valence-electron chi connectivity index (χ2n) is 3.73. The lowest BCUT2D eigenvalue weighted by molar-refractivity contribution is -0.275. The SMILES string of the molecule is CCOC(=O)c1cc(C(F)(F)F)nc(CBr)c1OC(F)(F)F. The Balaban J connectivity index is 3.54. The number of hydrogen-bond acceptors (Lipinski definition) is 4. The number of esters is 1. The van der Waals surface area contributed by atoms with E-state index in [1.54, 1.807) is 0 Å². The summed E-state index contributed by atoms with van der Waals surface area (Å²) >= 11 is 2.71. The molecule has 0 aliphatic rings. The third-order valence-corrected chi connectivity index (χ3v) is 2.70. The summed E-state index contributed by atoms with van der Waals surface area (Å²) in [6.45, 7) is 1.11. The van der Waals surface area contributed by atoms with Crippen molar-refractivity contribution in [3.05, 3.63) is 23.0 Å². The molecule has 0 unspecified atom stereocenters. The fourth-order valence-electron chi connectivity index (χ4n) is 1.41. The summed E-state index contributed by atoms with van der Waals surface area (Å²) in [7, 11) is 0. The Morgan fingerprint density at radius 3 is 2.27 bits per heavy atom. The third-order valence-electron chi connectivity index (χ3n) is 2.17. The molecule has 4 nitrogen and oxygen atoms in total. The molecule has 124 valence electrons. The van der Waals surface area contributed by atoms with Gasteiger partial charge in [-0.1, -0.05) is 15.9 Å². The van der Waals surface area contributed by atoms with Crippen LogP contribution in [0, 0.1) is 0 Å². The summed E-state index contributed by atoms with van der Waals surface area (Å²) in [6, 6.07) is 0.158. The van der Waals surface area contributed by atoms with Gasteiger partial charge in [0.15, 0.2) is 5.75 Å². The van der Waals surface area contributed by atoms with Crippen LogP contribution >= 0.6 is 15.9 Å². The Bertz CT molecular complexity index is 558. The average Bonchev–Trinajstić information content (AvgIpc) is 2.35. The Labute approximate surface area is 128 Å². The zero-order valence-corrected chi connectivity index (χ0v) is 12.4. The van der Waals surface area contributed by atoms with E-state index in [9.17, 15) is 31.1 Å². The topological polar surface area (TPSA) is 48.4 Å². The summed E-state index contributed by atoms with van der Waals surface area (Å²) < 4.78 is 83.4. The molecule has 0 amide bonds. The number of halogens is 7. The van der Waals surface area contributed by atoms with E-state index in [1.165, 1.54) is 6.92 Å². The van der Waals surface area contributed by atoms with Crippen LogP contribution in [0.4, 0.5) is 26.3 Å². The van der Waals surface area contributed by atoms with Gasteiger partial charge < -0.3 is 9.47 Å². The van der Waals surface area contributed by atoms with E-state index < -0.39 is 46.5 Å². The Morgan fingerprint density at radius 2 is 1.86 bits per heavy atom. The van der Waals surface area contributed by atoms with Crippen LogP contribution in [0.3, 0.4) is 0 Å². The lowest BCUT2D eigenvalue weighted by Gasteiger charge is -2.17. The standard InChI is InChI=1S/C11H8BrF6NO3/c1-2-21-9(20)5-3-7(10(13,14)15)19-6(4-12)8(5)22-11(16,17)18/h3H,2,4H2,1H3. The van der Waals surface area contributed by atoms with Crippen molar-refractivity contribution in [2.24, 2.45) is 0 Å². The highest BCUT2D eigenvalue weighted by atomic mass is 79.9. The first-order valence-electron chi connectivity index (χ1n) is 5.59. The maximum Gasteiger partial charge on any atom is 0.573 e. The van der Waals surface area contributed by atoms with Gasteiger partial charge in [0.2, 0.25) is 0 Å². The fraction of sp³-hybridized carbons (Fsp3) is 0.455. The van der Waals surface area contributed by atoms with Crippen molar-refractivity contribution < 1.29 is 40.6 Å². The van der Waals surface area contributed by atoms with Crippen molar-refractivity contribution in [3.8, 4) is 5.75 Å². The minimum absolute atomic E-state index is 0.158. The number of alkyl halides is 7. The fourth-order valence-corrected chi connectivity index (χ4v) is 1.79. The Hall–Kier alpha value is -1.52. The smallest absolute Gasteiger partial charge is 0.462 e. The molecule has 22 heavy (non-hydrogen) atoms. The number of nitrogens with zero attached hydrogens (tertiary/aromatic N) is 1. The van der Waals surface area contributed by atoms with Crippen molar-refractivity contribution in [2.45, 2.75) is 24.8 Å². The highest BCUT2D eigenvalue weighted by molar-refractivity contribution is 9.08. The number of pyridine rings is 1. The van der Waals surface area contributed by atoms with Crippen LogP contribution in [0.5, 0.6) is 5.75 Å². The molecule has 0 bridgehead atoms. The van der Waals surface area contributed by atoms with Gasteiger partial charge in [0, 0.05) is 5.33 Å². The van der Waals surface area contributed by atoms with Crippen molar-refractivity contribution in [1.29, 1.82) is 0 Å². The maximum atomic E-state index is 12.7. The Morgan fingerprint density at radius 1 is 1.27 bits per heavy atom. The second kappa shape index (κ2) is 6.71.